The van der Waals surface area contributed by atoms with E-state index in [-0.39, 0.29) is 0 Å². The quantitative estimate of drug-likeness (QED) is 0.629. The molecule has 0 aliphatic heterocycles. The van der Waals surface area contributed by atoms with E-state index in [1.165, 1.54) is 36.8 Å². The van der Waals surface area contributed by atoms with E-state index in [0.717, 1.165) is 6.42 Å². The SMILES string of the molecule is CCc1cccc(CCCC(C)(C)CC)c1. The molecule has 0 saturated carbocycles. The molecule has 0 bridgehead atoms. The smallest absolute Gasteiger partial charge is 0.0279 e. The summed E-state index contributed by atoms with van der Waals surface area (Å²) in [5.74, 6) is 0. The Morgan fingerprint density at radius 2 is 1.75 bits per heavy atom. The molecule has 0 unspecified atom stereocenters. The van der Waals surface area contributed by atoms with Crippen molar-refractivity contribution in [3.05, 3.63) is 35.4 Å². The molecule has 0 fully saturated rings. The first-order valence-electron chi connectivity index (χ1n) is 6.65. The summed E-state index contributed by atoms with van der Waals surface area (Å²) in [6, 6.07) is 9.04. The fourth-order valence-corrected chi connectivity index (χ4v) is 1.95. The van der Waals surface area contributed by atoms with Crippen molar-refractivity contribution in [2.75, 3.05) is 0 Å². The number of hydrogen-bond donors (Lipinski definition) is 0. The molecule has 16 heavy (non-hydrogen) atoms. The molecule has 0 nitrogen and oxygen atoms in total. The van der Waals surface area contributed by atoms with Crippen LogP contribution in [0.15, 0.2) is 24.3 Å². The van der Waals surface area contributed by atoms with Gasteiger partial charge in [0.25, 0.3) is 0 Å². The Morgan fingerprint density at radius 3 is 2.38 bits per heavy atom. The highest BCUT2D eigenvalue weighted by molar-refractivity contribution is 5.23. The van der Waals surface area contributed by atoms with Crippen LogP contribution in [0.5, 0.6) is 0 Å². The lowest BCUT2D eigenvalue weighted by Gasteiger charge is -2.22. The third kappa shape index (κ3) is 4.38. The molecule has 0 saturated heterocycles. The monoisotopic (exact) mass is 218 g/mol. The molecule has 0 amide bonds. The Hall–Kier alpha value is -0.780. The molecule has 1 rings (SSSR count). The van der Waals surface area contributed by atoms with Gasteiger partial charge in [0.15, 0.2) is 0 Å². The van der Waals surface area contributed by atoms with Crippen LogP contribution in [0.25, 0.3) is 0 Å². The molecule has 1 aromatic rings. The molecule has 0 spiro atoms. The summed E-state index contributed by atoms with van der Waals surface area (Å²) < 4.78 is 0. The zero-order chi connectivity index (χ0) is 12.0. The maximum absolute atomic E-state index is 2.37. The van der Waals surface area contributed by atoms with Crippen molar-refractivity contribution in [2.45, 2.75) is 59.8 Å². The van der Waals surface area contributed by atoms with Crippen LogP contribution < -0.4 is 0 Å². The Morgan fingerprint density at radius 1 is 1.06 bits per heavy atom. The van der Waals surface area contributed by atoms with Gasteiger partial charge in [-0.25, -0.2) is 0 Å². The Balaban J connectivity index is 2.42. The Kier molecular flexibility index (Phi) is 5.05. The third-order valence-electron chi connectivity index (χ3n) is 3.68. The summed E-state index contributed by atoms with van der Waals surface area (Å²) in [7, 11) is 0. The third-order valence-corrected chi connectivity index (χ3v) is 3.68. The van der Waals surface area contributed by atoms with Gasteiger partial charge in [0, 0.05) is 0 Å². The largest absolute Gasteiger partial charge is 0.0649 e. The minimum Gasteiger partial charge on any atom is -0.0649 e. The van der Waals surface area contributed by atoms with Crippen LogP contribution in [-0.2, 0) is 12.8 Å². The van der Waals surface area contributed by atoms with Crippen LogP contribution in [-0.4, -0.2) is 0 Å². The van der Waals surface area contributed by atoms with Crippen LogP contribution >= 0.6 is 0 Å². The van der Waals surface area contributed by atoms with E-state index < -0.39 is 0 Å². The Labute approximate surface area is 101 Å². The highest BCUT2D eigenvalue weighted by Gasteiger charge is 2.13. The summed E-state index contributed by atoms with van der Waals surface area (Å²) in [6.07, 6.45) is 6.31. The lowest BCUT2D eigenvalue weighted by molar-refractivity contribution is 0.313. The maximum atomic E-state index is 2.37. The topological polar surface area (TPSA) is 0 Å². The molecule has 0 aromatic heterocycles. The first-order chi connectivity index (χ1) is 7.57. The van der Waals surface area contributed by atoms with Crippen LogP contribution in [0.1, 0.15) is 58.1 Å². The molecule has 0 N–H and O–H groups in total. The van der Waals surface area contributed by atoms with E-state index in [1.54, 1.807) is 0 Å². The van der Waals surface area contributed by atoms with E-state index in [4.69, 9.17) is 0 Å². The van der Waals surface area contributed by atoms with Gasteiger partial charge < -0.3 is 0 Å². The van der Waals surface area contributed by atoms with Crippen LogP contribution in [0.3, 0.4) is 0 Å². The van der Waals surface area contributed by atoms with Gasteiger partial charge in [-0.3, -0.25) is 0 Å². The summed E-state index contributed by atoms with van der Waals surface area (Å²) in [5.41, 5.74) is 3.49. The molecule has 0 heteroatoms. The van der Waals surface area contributed by atoms with Crippen LogP contribution in [0.2, 0.25) is 0 Å². The normalized spacial score (nSPS) is 11.8. The molecule has 0 radical (unpaired) electrons. The van der Waals surface area contributed by atoms with E-state index in [1.807, 2.05) is 0 Å². The lowest BCUT2D eigenvalue weighted by atomic mass is 9.84. The van der Waals surface area contributed by atoms with Gasteiger partial charge in [0.05, 0.1) is 0 Å². The minimum absolute atomic E-state index is 0.516. The molecular weight excluding hydrogens is 192 g/mol. The molecule has 1 aromatic carbocycles. The van der Waals surface area contributed by atoms with Gasteiger partial charge >= 0.3 is 0 Å². The summed E-state index contributed by atoms with van der Waals surface area (Å²) in [4.78, 5) is 0. The standard InChI is InChI=1S/C16H26/c1-5-14-9-7-10-15(13-14)11-8-12-16(3,4)6-2/h7,9-10,13H,5-6,8,11-12H2,1-4H3. The average molecular weight is 218 g/mol. The fourth-order valence-electron chi connectivity index (χ4n) is 1.95. The van der Waals surface area contributed by atoms with Gasteiger partial charge in [-0.2, -0.15) is 0 Å². The molecule has 0 atom stereocenters. The lowest BCUT2D eigenvalue weighted by Crippen LogP contribution is -2.09. The minimum atomic E-state index is 0.516. The number of rotatable bonds is 6. The van der Waals surface area contributed by atoms with Gasteiger partial charge in [0.1, 0.15) is 0 Å². The van der Waals surface area contributed by atoms with Gasteiger partial charge in [0.2, 0.25) is 0 Å². The molecule has 0 aliphatic rings. The van der Waals surface area contributed by atoms with Gasteiger partial charge in [-0.15, -0.1) is 0 Å². The van der Waals surface area contributed by atoms with Gasteiger partial charge in [-0.05, 0) is 42.2 Å². The summed E-state index contributed by atoms with van der Waals surface area (Å²) >= 11 is 0. The second kappa shape index (κ2) is 6.08. The molecule has 0 aliphatic carbocycles. The predicted octanol–water partition coefficient (Wildman–Crippen LogP) is 5.01. The fraction of sp³-hybridized carbons (Fsp3) is 0.625. The second-order valence-corrected chi connectivity index (χ2v) is 5.54. The van der Waals surface area contributed by atoms with Crippen molar-refractivity contribution in [3.8, 4) is 0 Å². The number of hydrogen-bond acceptors (Lipinski definition) is 0. The predicted molar refractivity (Wildman–Crippen MR) is 72.8 cm³/mol. The average Bonchev–Trinajstić information content (AvgIpc) is 2.29. The Bertz CT molecular complexity index is 310. The molecular formula is C16H26. The van der Waals surface area contributed by atoms with Crippen LogP contribution in [0, 0.1) is 5.41 Å². The molecule has 0 heterocycles. The van der Waals surface area contributed by atoms with E-state index in [2.05, 4.69) is 52.0 Å². The van der Waals surface area contributed by atoms with Gasteiger partial charge in [-0.1, -0.05) is 58.4 Å². The summed E-state index contributed by atoms with van der Waals surface area (Å²) in [6.45, 7) is 9.25. The van der Waals surface area contributed by atoms with Crippen molar-refractivity contribution in [1.82, 2.24) is 0 Å². The highest BCUT2D eigenvalue weighted by atomic mass is 14.2. The van der Waals surface area contributed by atoms with Crippen molar-refractivity contribution >= 4 is 0 Å². The first-order valence-corrected chi connectivity index (χ1v) is 6.65. The molecule has 90 valence electrons. The van der Waals surface area contributed by atoms with E-state index in [9.17, 15) is 0 Å². The maximum Gasteiger partial charge on any atom is -0.0279 e. The van der Waals surface area contributed by atoms with Crippen molar-refractivity contribution in [1.29, 1.82) is 0 Å². The summed E-state index contributed by atoms with van der Waals surface area (Å²) in [5, 5.41) is 0. The zero-order valence-corrected chi connectivity index (χ0v) is 11.3. The van der Waals surface area contributed by atoms with Crippen molar-refractivity contribution in [2.24, 2.45) is 5.41 Å². The highest BCUT2D eigenvalue weighted by Crippen LogP contribution is 2.26. The van der Waals surface area contributed by atoms with Crippen molar-refractivity contribution < 1.29 is 0 Å². The number of benzene rings is 1. The van der Waals surface area contributed by atoms with E-state index in [0.29, 0.717) is 5.41 Å². The second-order valence-electron chi connectivity index (χ2n) is 5.54. The van der Waals surface area contributed by atoms with Crippen molar-refractivity contribution in [3.63, 3.8) is 0 Å². The zero-order valence-electron chi connectivity index (χ0n) is 11.3. The van der Waals surface area contributed by atoms with E-state index >= 15 is 0 Å². The van der Waals surface area contributed by atoms with Crippen LogP contribution in [0.4, 0.5) is 0 Å². The number of aryl methyl sites for hydroxylation is 2. The first kappa shape index (κ1) is 13.3.